The van der Waals surface area contributed by atoms with Crippen LogP contribution in [0.1, 0.15) is 32.4 Å². The third-order valence-electron chi connectivity index (χ3n) is 5.90. The van der Waals surface area contributed by atoms with Gasteiger partial charge in [0, 0.05) is 6.16 Å². The summed E-state index contributed by atoms with van der Waals surface area (Å²) in [5.74, 6) is 0. The fourth-order valence-electron chi connectivity index (χ4n) is 3.15. The number of hydrogen-bond donors (Lipinski definition) is 0. The largest absolute Gasteiger partial charge is 0.410 e. The van der Waals surface area contributed by atoms with Gasteiger partial charge in [0.1, 0.15) is 0 Å². The van der Waals surface area contributed by atoms with Crippen molar-refractivity contribution < 1.29 is 4.43 Å². The second-order valence-corrected chi connectivity index (χ2v) is 16.1. The van der Waals surface area contributed by atoms with Gasteiger partial charge < -0.3 is 4.43 Å². The summed E-state index contributed by atoms with van der Waals surface area (Å²) < 4.78 is 7.02. The summed E-state index contributed by atoms with van der Waals surface area (Å²) in [6.45, 7) is 11.7. The van der Waals surface area contributed by atoms with Gasteiger partial charge in [-0.3, -0.25) is 0 Å². The first-order chi connectivity index (χ1) is 13.8. The summed E-state index contributed by atoms with van der Waals surface area (Å²) in [7, 11) is -2.41. The van der Waals surface area contributed by atoms with Crippen molar-refractivity contribution in [2.24, 2.45) is 0 Å². The van der Waals surface area contributed by atoms with Gasteiger partial charge in [-0.1, -0.05) is 112 Å². The monoisotopic (exact) mass is 420 g/mol. The summed E-state index contributed by atoms with van der Waals surface area (Å²) in [4.78, 5) is 0. The van der Waals surface area contributed by atoms with Crippen molar-refractivity contribution in [3.05, 3.63) is 96.6 Å². The van der Waals surface area contributed by atoms with Crippen LogP contribution in [0.4, 0.5) is 0 Å². The molecule has 1 atom stereocenters. The van der Waals surface area contributed by atoms with Crippen molar-refractivity contribution in [1.29, 1.82) is 0 Å². The first-order valence-electron chi connectivity index (χ1n) is 10.4. The molecule has 1 nitrogen and oxygen atoms in total. The van der Waals surface area contributed by atoms with Crippen molar-refractivity contribution in [3.63, 3.8) is 0 Å². The zero-order valence-electron chi connectivity index (χ0n) is 18.3. The second kappa shape index (κ2) is 9.39. The first-order valence-corrected chi connectivity index (χ1v) is 14.8. The molecule has 0 aliphatic heterocycles. The van der Waals surface area contributed by atoms with E-state index in [4.69, 9.17) is 4.43 Å². The Morgan fingerprint density at radius 3 is 1.55 bits per heavy atom. The fourth-order valence-corrected chi connectivity index (χ4v) is 6.98. The summed E-state index contributed by atoms with van der Waals surface area (Å²) in [5, 5.41) is 3.00. The number of rotatable bonds is 7. The van der Waals surface area contributed by atoms with Crippen LogP contribution >= 0.6 is 7.92 Å². The van der Waals surface area contributed by atoms with E-state index in [9.17, 15) is 0 Å². The molecule has 0 aliphatic rings. The van der Waals surface area contributed by atoms with Crippen LogP contribution in [0.3, 0.4) is 0 Å². The molecule has 0 heterocycles. The Hall–Kier alpha value is -1.73. The zero-order chi connectivity index (χ0) is 20.9. The molecule has 0 fully saturated rings. The normalized spacial score (nSPS) is 13.4. The van der Waals surface area contributed by atoms with Crippen molar-refractivity contribution in [3.8, 4) is 0 Å². The third-order valence-corrected chi connectivity index (χ3v) is 12.9. The van der Waals surface area contributed by atoms with Crippen molar-refractivity contribution in [1.82, 2.24) is 0 Å². The Kier molecular flexibility index (Phi) is 7.11. The maximum absolute atomic E-state index is 7.02. The Balaban J connectivity index is 2.00. The smallest absolute Gasteiger partial charge is 0.192 e. The Morgan fingerprint density at radius 1 is 0.724 bits per heavy atom. The average molecular weight is 421 g/mol. The lowest BCUT2D eigenvalue weighted by Gasteiger charge is -2.40. The number of hydrogen-bond acceptors (Lipinski definition) is 1. The SMILES string of the molecule is CC(C)(C)[Si](C)(C)OC(CP(c1ccccc1)c1ccccc1)c1ccccc1. The van der Waals surface area contributed by atoms with Crippen LogP contribution in [0.25, 0.3) is 0 Å². The van der Waals surface area contributed by atoms with E-state index >= 15 is 0 Å². The molecule has 3 aromatic rings. The molecular weight excluding hydrogens is 387 g/mol. The zero-order valence-corrected chi connectivity index (χ0v) is 20.2. The van der Waals surface area contributed by atoms with E-state index in [-0.39, 0.29) is 11.1 Å². The van der Waals surface area contributed by atoms with Crippen LogP contribution in [0.5, 0.6) is 0 Å². The summed E-state index contributed by atoms with van der Waals surface area (Å²) >= 11 is 0. The highest BCUT2D eigenvalue weighted by atomic mass is 31.1. The molecule has 0 saturated carbocycles. The topological polar surface area (TPSA) is 9.23 Å². The van der Waals surface area contributed by atoms with Gasteiger partial charge in [0.25, 0.3) is 0 Å². The minimum Gasteiger partial charge on any atom is -0.410 e. The van der Waals surface area contributed by atoms with Gasteiger partial charge in [-0.15, -0.1) is 0 Å². The minimum atomic E-state index is -1.91. The molecule has 152 valence electrons. The molecule has 0 spiro atoms. The van der Waals surface area contributed by atoms with Gasteiger partial charge in [0.05, 0.1) is 6.10 Å². The van der Waals surface area contributed by atoms with Gasteiger partial charge in [-0.2, -0.15) is 0 Å². The Morgan fingerprint density at radius 2 is 1.14 bits per heavy atom. The standard InChI is InChI=1S/C26H33OPSi/c1-26(2,3)29(4,5)27-25(22-15-9-6-10-16-22)21-28(23-17-11-7-12-18-23)24-19-13-8-14-20-24/h6-20,25H,21H2,1-5H3. The lowest BCUT2D eigenvalue weighted by molar-refractivity contribution is 0.206. The van der Waals surface area contributed by atoms with Crippen LogP contribution in [0.2, 0.25) is 18.1 Å². The maximum atomic E-state index is 7.02. The van der Waals surface area contributed by atoms with E-state index in [1.165, 1.54) is 16.2 Å². The molecule has 29 heavy (non-hydrogen) atoms. The van der Waals surface area contributed by atoms with Gasteiger partial charge in [-0.25, -0.2) is 0 Å². The van der Waals surface area contributed by atoms with Gasteiger partial charge in [0.2, 0.25) is 0 Å². The van der Waals surface area contributed by atoms with E-state index in [1.807, 2.05) is 0 Å². The molecule has 3 heteroatoms. The molecule has 3 aromatic carbocycles. The van der Waals surface area contributed by atoms with Crippen LogP contribution in [-0.4, -0.2) is 14.5 Å². The van der Waals surface area contributed by atoms with Crippen molar-refractivity contribution in [2.45, 2.75) is 45.0 Å². The summed E-state index contributed by atoms with van der Waals surface area (Å²) in [6.07, 6.45) is 1.10. The Bertz CT molecular complexity index is 833. The molecule has 3 rings (SSSR count). The maximum Gasteiger partial charge on any atom is 0.192 e. The minimum absolute atomic E-state index is 0.101. The molecular formula is C26H33OPSi. The van der Waals surface area contributed by atoms with E-state index in [2.05, 4.69) is 125 Å². The van der Waals surface area contributed by atoms with Crippen molar-refractivity contribution >= 4 is 26.8 Å². The van der Waals surface area contributed by atoms with Crippen LogP contribution in [0, 0.1) is 0 Å². The van der Waals surface area contributed by atoms with Crippen LogP contribution in [-0.2, 0) is 4.43 Å². The molecule has 0 aromatic heterocycles. The quantitative estimate of drug-likeness (QED) is 0.299. The van der Waals surface area contributed by atoms with E-state index in [0.717, 1.165) is 6.16 Å². The van der Waals surface area contributed by atoms with E-state index in [0.29, 0.717) is 0 Å². The highest BCUT2D eigenvalue weighted by Crippen LogP contribution is 2.44. The summed E-state index contributed by atoms with van der Waals surface area (Å²) in [6, 6.07) is 32.7. The fraction of sp³-hybridized carbons (Fsp3) is 0.308. The number of benzene rings is 3. The van der Waals surface area contributed by atoms with Crippen molar-refractivity contribution in [2.75, 3.05) is 6.16 Å². The van der Waals surface area contributed by atoms with Gasteiger partial charge in [0.15, 0.2) is 8.32 Å². The van der Waals surface area contributed by atoms with Crippen LogP contribution < -0.4 is 10.6 Å². The average Bonchev–Trinajstić information content (AvgIpc) is 2.72. The molecule has 0 amide bonds. The molecule has 0 bridgehead atoms. The predicted molar refractivity (Wildman–Crippen MR) is 131 cm³/mol. The highest BCUT2D eigenvalue weighted by Gasteiger charge is 2.40. The molecule has 0 N–H and O–H groups in total. The predicted octanol–water partition coefficient (Wildman–Crippen LogP) is 6.88. The molecule has 0 radical (unpaired) electrons. The van der Waals surface area contributed by atoms with Gasteiger partial charge in [-0.05, 0) is 42.2 Å². The Labute approximate surface area is 179 Å². The third kappa shape index (κ3) is 5.66. The molecule has 1 unspecified atom stereocenters. The second-order valence-electron chi connectivity index (χ2n) is 9.06. The molecule has 0 aliphatic carbocycles. The lowest BCUT2D eigenvalue weighted by Crippen LogP contribution is -2.42. The first kappa shape index (κ1) is 22.0. The van der Waals surface area contributed by atoms with E-state index in [1.54, 1.807) is 0 Å². The highest BCUT2D eigenvalue weighted by molar-refractivity contribution is 7.73. The summed E-state index contributed by atoms with van der Waals surface area (Å²) in [5.41, 5.74) is 1.29. The van der Waals surface area contributed by atoms with Crippen LogP contribution in [0.15, 0.2) is 91.0 Å². The van der Waals surface area contributed by atoms with E-state index < -0.39 is 16.2 Å². The lowest BCUT2D eigenvalue weighted by atomic mass is 10.1. The van der Waals surface area contributed by atoms with Gasteiger partial charge >= 0.3 is 0 Å². The molecule has 0 saturated heterocycles.